The molecule has 0 unspecified atom stereocenters. The van der Waals surface area contributed by atoms with Crippen LogP contribution in [-0.2, 0) is 4.79 Å². The van der Waals surface area contributed by atoms with Crippen molar-refractivity contribution in [2.45, 2.75) is 39.5 Å². The van der Waals surface area contributed by atoms with Crippen LogP contribution in [0.25, 0.3) is 0 Å². The third-order valence-electron chi connectivity index (χ3n) is 2.83. The standard InChI is InChI=1S/C16H24N2O3/c1-4-6-10-15(19)18-17-12-13-8-7-9-14(20-3)16(13)21-11-5-2/h7-9,12H,4-6,10-11H2,1-3H3,(H,18,19)/b17-12+. The van der Waals surface area contributed by atoms with Crippen LogP contribution in [0.15, 0.2) is 23.3 Å². The van der Waals surface area contributed by atoms with Crippen molar-refractivity contribution in [3.8, 4) is 11.5 Å². The molecule has 1 rings (SSSR count). The molecule has 0 aromatic heterocycles. The molecule has 0 bridgehead atoms. The minimum absolute atomic E-state index is 0.0768. The number of ether oxygens (including phenoxy) is 2. The van der Waals surface area contributed by atoms with Gasteiger partial charge in [-0.05, 0) is 25.0 Å². The highest BCUT2D eigenvalue weighted by atomic mass is 16.5. The van der Waals surface area contributed by atoms with Gasteiger partial charge in [-0.25, -0.2) is 5.43 Å². The van der Waals surface area contributed by atoms with Crippen LogP contribution in [0, 0.1) is 0 Å². The van der Waals surface area contributed by atoms with Gasteiger partial charge in [0, 0.05) is 12.0 Å². The number of nitrogens with one attached hydrogen (secondary N) is 1. The SMILES string of the molecule is CCCCC(=O)N/N=C/c1cccc(OC)c1OCCC. The first-order chi connectivity index (χ1) is 10.2. The third-order valence-corrected chi connectivity index (χ3v) is 2.83. The molecule has 0 fully saturated rings. The molecule has 0 saturated carbocycles. The summed E-state index contributed by atoms with van der Waals surface area (Å²) in [5.41, 5.74) is 3.30. The fourth-order valence-electron chi connectivity index (χ4n) is 1.72. The Hall–Kier alpha value is -2.04. The number of unbranched alkanes of at least 4 members (excludes halogenated alkanes) is 1. The molecule has 21 heavy (non-hydrogen) atoms. The number of rotatable bonds is 9. The molecule has 1 N–H and O–H groups in total. The molecular formula is C16H24N2O3. The number of hydrogen-bond donors (Lipinski definition) is 1. The van der Waals surface area contributed by atoms with Gasteiger partial charge in [-0.1, -0.05) is 26.3 Å². The normalized spacial score (nSPS) is 10.6. The van der Waals surface area contributed by atoms with E-state index >= 15 is 0 Å². The van der Waals surface area contributed by atoms with Gasteiger partial charge in [-0.2, -0.15) is 5.10 Å². The zero-order valence-corrected chi connectivity index (χ0v) is 13.0. The van der Waals surface area contributed by atoms with Crippen LogP contribution >= 0.6 is 0 Å². The molecule has 0 saturated heterocycles. The first-order valence-electron chi connectivity index (χ1n) is 7.34. The van der Waals surface area contributed by atoms with Crippen LogP contribution in [0.3, 0.4) is 0 Å². The summed E-state index contributed by atoms with van der Waals surface area (Å²) in [6, 6.07) is 5.56. The lowest BCUT2D eigenvalue weighted by Crippen LogP contribution is -2.16. The molecule has 0 aliphatic heterocycles. The van der Waals surface area contributed by atoms with Crippen molar-refractivity contribution in [2.24, 2.45) is 5.10 Å². The summed E-state index contributed by atoms with van der Waals surface area (Å²) in [5, 5.41) is 3.98. The molecule has 0 aliphatic carbocycles. The highest BCUT2D eigenvalue weighted by Gasteiger charge is 2.08. The van der Waals surface area contributed by atoms with E-state index in [2.05, 4.69) is 10.5 Å². The van der Waals surface area contributed by atoms with E-state index in [1.165, 1.54) is 0 Å². The van der Waals surface area contributed by atoms with Gasteiger partial charge >= 0.3 is 0 Å². The lowest BCUT2D eigenvalue weighted by Gasteiger charge is -2.12. The highest BCUT2D eigenvalue weighted by Crippen LogP contribution is 2.30. The van der Waals surface area contributed by atoms with Crippen LogP contribution < -0.4 is 14.9 Å². The average molecular weight is 292 g/mol. The van der Waals surface area contributed by atoms with E-state index in [1.54, 1.807) is 13.3 Å². The zero-order valence-electron chi connectivity index (χ0n) is 13.0. The molecule has 1 amide bonds. The minimum atomic E-state index is -0.0768. The third kappa shape index (κ3) is 5.85. The smallest absolute Gasteiger partial charge is 0.240 e. The maximum absolute atomic E-state index is 11.5. The summed E-state index contributed by atoms with van der Waals surface area (Å²) in [4.78, 5) is 11.5. The van der Waals surface area contributed by atoms with Crippen molar-refractivity contribution >= 4 is 12.1 Å². The molecule has 0 atom stereocenters. The van der Waals surface area contributed by atoms with Gasteiger partial charge in [0.2, 0.25) is 5.91 Å². The predicted molar refractivity (Wildman–Crippen MR) is 84.0 cm³/mol. The largest absolute Gasteiger partial charge is 0.493 e. The Morgan fingerprint density at radius 1 is 1.33 bits per heavy atom. The fraction of sp³-hybridized carbons (Fsp3) is 0.500. The maximum atomic E-state index is 11.5. The van der Waals surface area contributed by atoms with Crippen molar-refractivity contribution in [1.82, 2.24) is 5.43 Å². The van der Waals surface area contributed by atoms with Crippen molar-refractivity contribution < 1.29 is 14.3 Å². The van der Waals surface area contributed by atoms with Gasteiger partial charge in [0.25, 0.3) is 0 Å². The molecule has 116 valence electrons. The van der Waals surface area contributed by atoms with Crippen molar-refractivity contribution in [2.75, 3.05) is 13.7 Å². The van der Waals surface area contributed by atoms with Gasteiger partial charge in [-0.15, -0.1) is 0 Å². The Morgan fingerprint density at radius 2 is 2.14 bits per heavy atom. The second-order valence-electron chi connectivity index (χ2n) is 4.62. The lowest BCUT2D eigenvalue weighted by atomic mass is 10.2. The molecule has 1 aromatic carbocycles. The Labute approximate surface area is 126 Å². The molecule has 0 heterocycles. The number of nitrogens with zero attached hydrogens (tertiary/aromatic N) is 1. The Balaban J connectivity index is 2.74. The van der Waals surface area contributed by atoms with E-state index in [0.29, 0.717) is 24.5 Å². The second kappa shape index (κ2) is 9.80. The molecule has 5 nitrogen and oxygen atoms in total. The quantitative estimate of drug-likeness (QED) is 0.562. The molecule has 5 heteroatoms. The van der Waals surface area contributed by atoms with Gasteiger partial charge in [-0.3, -0.25) is 4.79 Å². The molecule has 0 aliphatic rings. The summed E-state index contributed by atoms with van der Waals surface area (Å²) < 4.78 is 11.0. The first-order valence-corrected chi connectivity index (χ1v) is 7.34. The first kappa shape index (κ1) is 17.0. The number of methoxy groups -OCH3 is 1. The maximum Gasteiger partial charge on any atom is 0.240 e. The Bertz CT molecular complexity index is 473. The van der Waals surface area contributed by atoms with Gasteiger partial charge in [0.1, 0.15) is 0 Å². The Kier molecular flexibility index (Phi) is 7.94. The number of carbonyl (C=O) groups excluding carboxylic acids is 1. The van der Waals surface area contributed by atoms with Crippen molar-refractivity contribution in [1.29, 1.82) is 0 Å². The van der Waals surface area contributed by atoms with E-state index in [9.17, 15) is 4.79 Å². The van der Waals surface area contributed by atoms with Crippen LogP contribution in [0.2, 0.25) is 0 Å². The van der Waals surface area contributed by atoms with Gasteiger partial charge < -0.3 is 9.47 Å². The zero-order chi connectivity index (χ0) is 15.5. The van der Waals surface area contributed by atoms with Crippen molar-refractivity contribution in [3.05, 3.63) is 23.8 Å². The van der Waals surface area contributed by atoms with Crippen LogP contribution in [0.1, 0.15) is 45.1 Å². The molecule has 0 spiro atoms. The summed E-state index contributed by atoms with van der Waals surface area (Å²) in [6.07, 6.45) is 4.83. The number of amides is 1. The van der Waals surface area contributed by atoms with E-state index in [-0.39, 0.29) is 5.91 Å². The summed E-state index contributed by atoms with van der Waals surface area (Å²) in [6.45, 7) is 4.69. The minimum Gasteiger partial charge on any atom is -0.493 e. The number of carbonyl (C=O) groups is 1. The lowest BCUT2D eigenvalue weighted by molar-refractivity contribution is -0.121. The van der Waals surface area contributed by atoms with Crippen LogP contribution in [0.4, 0.5) is 0 Å². The Morgan fingerprint density at radius 3 is 2.81 bits per heavy atom. The van der Waals surface area contributed by atoms with E-state index in [1.807, 2.05) is 32.0 Å². The molecule has 1 aromatic rings. The predicted octanol–water partition coefficient (Wildman–Crippen LogP) is 3.12. The monoisotopic (exact) mass is 292 g/mol. The average Bonchev–Trinajstić information content (AvgIpc) is 2.51. The summed E-state index contributed by atoms with van der Waals surface area (Å²) in [7, 11) is 1.60. The number of benzene rings is 1. The number of hydrogen-bond acceptors (Lipinski definition) is 4. The fourth-order valence-corrected chi connectivity index (χ4v) is 1.72. The van der Waals surface area contributed by atoms with E-state index < -0.39 is 0 Å². The van der Waals surface area contributed by atoms with Gasteiger partial charge in [0.15, 0.2) is 11.5 Å². The van der Waals surface area contributed by atoms with Crippen molar-refractivity contribution in [3.63, 3.8) is 0 Å². The highest BCUT2D eigenvalue weighted by molar-refractivity contribution is 5.86. The van der Waals surface area contributed by atoms with Crippen LogP contribution in [0.5, 0.6) is 11.5 Å². The summed E-state index contributed by atoms with van der Waals surface area (Å²) in [5.74, 6) is 1.23. The summed E-state index contributed by atoms with van der Waals surface area (Å²) >= 11 is 0. The van der Waals surface area contributed by atoms with E-state index in [0.717, 1.165) is 24.8 Å². The topological polar surface area (TPSA) is 59.9 Å². The van der Waals surface area contributed by atoms with Gasteiger partial charge in [0.05, 0.1) is 19.9 Å². The molecular weight excluding hydrogens is 268 g/mol. The molecule has 0 radical (unpaired) electrons. The van der Waals surface area contributed by atoms with Crippen LogP contribution in [-0.4, -0.2) is 25.8 Å². The second-order valence-corrected chi connectivity index (χ2v) is 4.62. The van der Waals surface area contributed by atoms with E-state index in [4.69, 9.17) is 9.47 Å². The number of hydrazone groups is 1. The number of para-hydroxylation sites is 1.